The maximum absolute atomic E-state index is 12.0. The van der Waals surface area contributed by atoms with Crippen molar-refractivity contribution in [3.05, 3.63) is 30.0 Å². The fourth-order valence-electron chi connectivity index (χ4n) is 2.28. The molecular weight excluding hydrogens is 266 g/mol. The Bertz CT molecular complexity index is 637. The van der Waals surface area contributed by atoms with Gasteiger partial charge in [-0.05, 0) is 24.5 Å². The van der Waals surface area contributed by atoms with Crippen LogP contribution in [0.25, 0.3) is 11.0 Å². The highest BCUT2D eigenvalue weighted by Crippen LogP contribution is 2.31. The first kappa shape index (κ1) is 15.4. The summed E-state index contributed by atoms with van der Waals surface area (Å²) in [5.41, 5.74) is 0.688. The molecule has 0 saturated heterocycles. The van der Waals surface area contributed by atoms with Crippen LogP contribution in [0.4, 0.5) is 0 Å². The number of carbonyl (C=O) groups is 1. The lowest BCUT2D eigenvalue weighted by atomic mass is 9.92. The molecule has 1 heterocycles. The van der Waals surface area contributed by atoms with Crippen LogP contribution >= 0.6 is 0 Å². The molecule has 1 aromatic heterocycles. The highest BCUT2D eigenvalue weighted by atomic mass is 16.5. The lowest BCUT2D eigenvalue weighted by molar-refractivity contribution is -0.123. The molecule has 0 saturated carbocycles. The largest absolute Gasteiger partial charge is 0.493 e. The van der Waals surface area contributed by atoms with Crippen LogP contribution in [-0.4, -0.2) is 13.0 Å². The number of amides is 1. The third kappa shape index (κ3) is 3.78. The van der Waals surface area contributed by atoms with E-state index >= 15 is 0 Å². The van der Waals surface area contributed by atoms with E-state index in [1.54, 1.807) is 7.11 Å². The van der Waals surface area contributed by atoms with E-state index in [-0.39, 0.29) is 17.4 Å². The van der Waals surface area contributed by atoms with Gasteiger partial charge in [0.15, 0.2) is 11.3 Å². The average Bonchev–Trinajstić information content (AvgIpc) is 2.79. The van der Waals surface area contributed by atoms with Crippen molar-refractivity contribution in [2.75, 3.05) is 7.11 Å². The van der Waals surface area contributed by atoms with E-state index in [2.05, 4.69) is 5.32 Å². The van der Waals surface area contributed by atoms with Gasteiger partial charge in [0.2, 0.25) is 5.91 Å². The smallest absolute Gasteiger partial charge is 0.221 e. The monoisotopic (exact) mass is 289 g/mol. The number of benzene rings is 1. The van der Waals surface area contributed by atoms with Gasteiger partial charge in [-0.15, -0.1) is 0 Å². The normalized spacial score (nSPS) is 13.2. The summed E-state index contributed by atoms with van der Waals surface area (Å²) < 4.78 is 11.1. The molecule has 4 heteroatoms. The number of hydrogen-bond donors (Lipinski definition) is 1. The fraction of sp³-hybridized carbons (Fsp3) is 0.471. The Morgan fingerprint density at radius 1 is 1.38 bits per heavy atom. The summed E-state index contributed by atoms with van der Waals surface area (Å²) in [6.07, 6.45) is 0.487. The standard InChI is InChI=1S/C17H23NO3/c1-11(18-15(19)10-17(2,3)4)14-9-12-7-6-8-13(20-5)16(12)21-14/h6-9,11H,10H2,1-5H3,(H,18,19)/t11-/m0/s1. The van der Waals surface area contributed by atoms with Gasteiger partial charge in [0, 0.05) is 11.8 Å². The van der Waals surface area contributed by atoms with Crippen LogP contribution in [0.5, 0.6) is 5.75 Å². The fourth-order valence-corrected chi connectivity index (χ4v) is 2.28. The Balaban J connectivity index is 2.16. The van der Waals surface area contributed by atoms with Crippen molar-refractivity contribution >= 4 is 16.9 Å². The van der Waals surface area contributed by atoms with Crippen LogP contribution in [0, 0.1) is 5.41 Å². The first-order chi connectivity index (χ1) is 9.80. The van der Waals surface area contributed by atoms with Crippen LogP contribution in [0.2, 0.25) is 0 Å². The minimum atomic E-state index is -0.169. The number of para-hydroxylation sites is 1. The molecule has 0 bridgehead atoms. The summed E-state index contributed by atoms with van der Waals surface area (Å²) in [7, 11) is 1.62. The lowest BCUT2D eigenvalue weighted by Gasteiger charge is -2.19. The van der Waals surface area contributed by atoms with E-state index in [1.165, 1.54) is 0 Å². The van der Waals surface area contributed by atoms with E-state index < -0.39 is 0 Å². The van der Waals surface area contributed by atoms with Crippen molar-refractivity contribution in [3.63, 3.8) is 0 Å². The number of nitrogens with one attached hydrogen (secondary N) is 1. The minimum Gasteiger partial charge on any atom is -0.493 e. The van der Waals surface area contributed by atoms with E-state index in [9.17, 15) is 4.79 Å². The van der Waals surface area contributed by atoms with Crippen molar-refractivity contribution in [2.45, 2.75) is 40.2 Å². The van der Waals surface area contributed by atoms with Gasteiger partial charge in [-0.3, -0.25) is 4.79 Å². The highest BCUT2D eigenvalue weighted by Gasteiger charge is 2.20. The van der Waals surface area contributed by atoms with Gasteiger partial charge in [-0.25, -0.2) is 0 Å². The van der Waals surface area contributed by atoms with E-state index in [1.807, 2.05) is 52.0 Å². The van der Waals surface area contributed by atoms with Gasteiger partial charge in [-0.2, -0.15) is 0 Å². The van der Waals surface area contributed by atoms with Gasteiger partial charge >= 0.3 is 0 Å². The summed E-state index contributed by atoms with van der Waals surface area (Å²) in [5.74, 6) is 1.46. The molecule has 114 valence electrons. The molecule has 0 unspecified atom stereocenters. The molecule has 0 spiro atoms. The molecule has 0 radical (unpaired) electrons. The summed E-state index contributed by atoms with van der Waals surface area (Å²) in [6.45, 7) is 8.06. The number of ether oxygens (including phenoxy) is 1. The topological polar surface area (TPSA) is 51.5 Å². The Morgan fingerprint density at radius 2 is 2.10 bits per heavy atom. The van der Waals surface area contributed by atoms with E-state index in [0.717, 1.165) is 11.1 Å². The molecule has 0 aliphatic rings. The molecule has 1 amide bonds. The molecule has 0 aliphatic heterocycles. The van der Waals surface area contributed by atoms with Crippen LogP contribution < -0.4 is 10.1 Å². The Morgan fingerprint density at radius 3 is 2.71 bits per heavy atom. The average molecular weight is 289 g/mol. The second-order valence-electron chi connectivity index (χ2n) is 6.55. The number of furan rings is 1. The van der Waals surface area contributed by atoms with Gasteiger partial charge in [0.25, 0.3) is 0 Å². The zero-order chi connectivity index (χ0) is 15.6. The summed E-state index contributed by atoms with van der Waals surface area (Å²) in [6, 6.07) is 7.52. The van der Waals surface area contributed by atoms with Crippen molar-refractivity contribution in [2.24, 2.45) is 5.41 Å². The second kappa shape index (κ2) is 5.80. The Hall–Kier alpha value is -1.97. The SMILES string of the molecule is COc1cccc2cc([C@H](C)NC(=O)CC(C)(C)C)oc12. The molecule has 1 atom stereocenters. The molecule has 1 N–H and O–H groups in total. The first-order valence-corrected chi connectivity index (χ1v) is 7.16. The van der Waals surface area contributed by atoms with Gasteiger partial charge in [-0.1, -0.05) is 32.9 Å². The minimum absolute atomic E-state index is 0.0269. The van der Waals surface area contributed by atoms with Crippen LogP contribution in [0.1, 0.15) is 45.9 Å². The van der Waals surface area contributed by atoms with Crippen molar-refractivity contribution in [3.8, 4) is 5.75 Å². The maximum atomic E-state index is 12.0. The molecule has 2 aromatic rings. The maximum Gasteiger partial charge on any atom is 0.221 e. The molecule has 0 aliphatic carbocycles. The number of hydrogen-bond acceptors (Lipinski definition) is 3. The molecule has 21 heavy (non-hydrogen) atoms. The van der Waals surface area contributed by atoms with Crippen molar-refractivity contribution in [1.29, 1.82) is 0 Å². The van der Waals surface area contributed by atoms with Gasteiger partial charge < -0.3 is 14.5 Å². The number of carbonyl (C=O) groups excluding carboxylic acids is 1. The lowest BCUT2D eigenvalue weighted by Crippen LogP contribution is -2.29. The first-order valence-electron chi connectivity index (χ1n) is 7.16. The zero-order valence-corrected chi connectivity index (χ0v) is 13.3. The van der Waals surface area contributed by atoms with Crippen molar-refractivity contribution < 1.29 is 13.9 Å². The highest BCUT2D eigenvalue weighted by molar-refractivity contribution is 5.84. The van der Waals surface area contributed by atoms with Gasteiger partial charge in [0.05, 0.1) is 13.2 Å². The van der Waals surface area contributed by atoms with Crippen LogP contribution in [0.15, 0.2) is 28.7 Å². The van der Waals surface area contributed by atoms with E-state index in [4.69, 9.17) is 9.15 Å². The summed E-state index contributed by atoms with van der Waals surface area (Å²) in [4.78, 5) is 12.0. The number of rotatable bonds is 4. The van der Waals surface area contributed by atoms with Crippen LogP contribution in [0.3, 0.4) is 0 Å². The van der Waals surface area contributed by atoms with Gasteiger partial charge in [0.1, 0.15) is 5.76 Å². The Kier molecular flexibility index (Phi) is 4.26. The number of fused-ring (bicyclic) bond motifs is 1. The van der Waals surface area contributed by atoms with Crippen molar-refractivity contribution in [1.82, 2.24) is 5.32 Å². The molecule has 4 nitrogen and oxygen atoms in total. The predicted molar refractivity (Wildman–Crippen MR) is 83.4 cm³/mol. The number of methoxy groups -OCH3 is 1. The van der Waals surface area contributed by atoms with Crippen LogP contribution in [-0.2, 0) is 4.79 Å². The third-order valence-electron chi connectivity index (χ3n) is 3.24. The Labute approximate surface area is 125 Å². The molecular formula is C17H23NO3. The van der Waals surface area contributed by atoms with E-state index in [0.29, 0.717) is 17.8 Å². The molecule has 0 fully saturated rings. The molecule has 1 aromatic carbocycles. The predicted octanol–water partition coefficient (Wildman–Crippen LogP) is 4.05. The summed E-state index contributed by atoms with van der Waals surface area (Å²) in [5, 5.41) is 3.95. The summed E-state index contributed by atoms with van der Waals surface area (Å²) >= 11 is 0. The quantitative estimate of drug-likeness (QED) is 0.923. The second-order valence-corrected chi connectivity index (χ2v) is 6.55. The zero-order valence-electron chi connectivity index (χ0n) is 13.3. The molecule has 2 rings (SSSR count). The third-order valence-corrected chi connectivity index (χ3v) is 3.24.